The second kappa shape index (κ2) is 37.8. The van der Waals surface area contributed by atoms with E-state index in [2.05, 4.69) is 43.5 Å². The van der Waals surface area contributed by atoms with Gasteiger partial charge < -0.3 is 39.5 Å². The second-order valence-electron chi connectivity index (χ2n) is 16.1. The number of hydrogen-bond acceptors (Lipinski definition) is 13. The molecule has 1 fully saturated rings. The molecule has 0 saturated carbocycles. The Morgan fingerprint density at radius 1 is 0.650 bits per heavy atom. The van der Waals surface area contributed by atoms with Crippen molar-refractivity contribution in [3.05, 3.63) is 24.3 Å². The van der Waals surface area contributed by atoms with Crippen LogP contribution in [0.2, 0.25) is 0 Å². The van der Waals surface area contributed by atoms with E-state index in [4.69, 9.17) is 23.3 Å². The highest BCUT2D eigenvalue weighted by Crippen LogP contribution is 2.43. The van der Waals surface area contributed by atoms with E-state index in [0.717, 1.165) is 64.2 Å². The molecule has 1 aliphatic heterocycles. The standard InChI is InChI=1S/C45H84NO13P/c1-3-5-7-9-11-13-15-17-18-20-22-24-26-28-30-32-41(49)58-38(36-55-40(48)31-29-27-25-23-21-19-16-14-12-10-8-6-4-2)37-57-60(53,54)56-34-33-46-45-44(52)43(51)42(50)39(35-47)59-45/h11,13,17-18,38-39,42-47,50-52H,3-10,12,14-16,19-37H2,1-2H3,(H,53,54)/b13-11-,18-17-/t38-,39-,42-,43+,44-,45-/m1/s1. The van der Waals surface area contributed by atoms with E-state index in [1.807, 2.05) is 0 Å². The van der Waals surface area contributed by atoms with Crippen molar-refractivity contribution in [2.24, 2.45) is 0 Å². The summed E-state index contributed by atoms with van der Waals surface area (Å²) in [4.78, 5) is 35.6. The summed E-state index contributed by atoms with van der Waals surface area (Å²) in [5, 5.41) is 42.1. The minimum Gasteiger partial charge on any atom is -0.462 e. The molecule has 6 N–H and O–H groups in total. The SMILES string of the molecule is CCCCC/C=C\C/C=C\CCCCCCCC(=O)O[C@H](COC(=O)CCCCCCCCCCCCCCC)COP(=O)(O)OCCN[C@@H]1O[C@H](CO)[C@@H](O)[C@H](O)[C@H]1O. The molecule has 1 saturated heterocycles. The van der Waals surface area contributed by atoms with Gasteiger partial charge in [0.2, 0.25) is 0 Å². The Hall–Kier alpha value is -1.71. The first-order valence-electron chi connectivity index (χ1n) is 23.3. The van der Waals surface area contributed by atoms with Crippen LogP contribution in [0.3, 0.4) is 0 Å². The van der Waals surface area contributed by atoms with Gasteiger partial charge in [0.25, 0.3) is 0 Å². The van der Waals surface area contributed by atoms with Crippen LogP contribution in [0.1, 0.15) is 181 Å². The molecule has 60 heavy (non-hydrogen) atoms. The lowest BCUT2D eigenvalue weighted by Gasteiger charge is -2.40. The van der Waals surface area contributed by atoms with Crippen LogP contribution in [0.5, 0.6) is 0 Å². The van der Waals surface area contributed by atoms with Crippen molar-refractivity contribution in [1.82, 2.24) is 5.32 Å². The Balaban J connectivity index is 2.45. The highest BCUT2D eigenvalue weighted by molar-refractivity contribution is 7.47. The highest BCUT2D eigenvalue weighted by Gasteiger charge is 2.43. The summed E-state index contributed by atoms with van der Waals surface area (Å²) < 4.78 is 39.1. The molecule has 7 atom stereocenters. The number of aliphatic hydroxyl groups excluding tert-OH is 4. The predicted molar refractivity (Wildman–Crippen MR) is 234 cm³/mol. The number of allylic oxidation sites excluding steroid dienone is 4. The number of hydrogen-bond donors (Lipinski definition) is 6. The summed E-state index contributed by atoms with van der Waals surface area (Å²) in [6, 6.07) is 0. The maximum atomic E-state index is 12.8. The number of aliphatic hydroxyl groups is 4. The van der Waals surface area contributed by atoms with Gasteiger partial charge in [0, 0.05) is 19.4 Å². The smallest absolute Gasteiger partial charge is 0.462 e. The third kappa shape index (κ3) is 30.4. The van der Waals surface area contributed by atoms with Gasteiger partial charge in [-0.1, -0.05) is 147 Å². The number of phosphoric ester groups is 1. The Kier molecular flexibility index (Phi) is 35.5. The number of nitrogens with one attached hydrogen (secondary N) is 1. The minimum atomic E-state index is -4.67. The molecule has 0 bridgehead atoms. The number of ether oxygens (including phenoxy) is 3. The molecule has 0 aliphatic carbocycles. The van der Waals surface area contributed by atoms with Crippen molar-refractivity contribution in [1.29, 1.82) is 0 Å². The molecule has 1 rings (SSSR count). The Bertz CT molecular complexity index is 1160. The van der Waals surface area contributed by atoms with Gasteiger partial charge in [-0.15, -0.1) is 0 Å². The van der Waals surface area contributed by atoms with E-state index >= 15 is 0 Å². The average molecular weight is 878 g/mol. The summed E-state index contributed by atoms with van der Waals surface area (Å²) in [5.41, 5.74) is 0. The fourth-order valence-electron chi connectivity index (χ4n) is 6.83. The van der Waals surface area contributed by atoms with Gasteiger partial charge in [-0.2, -0.15) is 0 Å². The van der Waals surface area contributed by atoms with Crippen LogP contribution >= 0.6 is 7.82 Å². The molecule has 0 aromatic carbocycles. The van der Waals surface area contributed by atoms with Gasteiger partial charge in [-0.25, -0.2) is 4.57 Å². The number of rotatable bonds is 40. The normalized spacial score (nSPS) is 21.1. The summed E-state index contributed by atoms with van der Waals surface area (Å²) in [6.07, 6.45) is 28.1. The monoisotopic (exact) mass is 878 g/mol. The first kappa shape index (κ1) is 56.3. The van der Waals surface area contributed by atoms with Crippen LogP contribution < -0.4 is 5.32 Å². The zero-order valence-corrected chi connectivity index (χ0v) is 38.0. The first-order valence-corrected chi connectivity index (χ1v) is 24.8. The summed E-state index contributed by atoms with van der Waals surface area (Å²) in [5.74, 6) is -0.977. The van der Waals surface area contributed by atoms with E-state index in [0.29, 0.717) is 12.8 Å². The van der Waals surface area contributed by atoms with Crippen molar-refractivity contribution in [2.75, 3.05) is 33.0 Å². The number of carbonyl (C=O) groups excluding carboxylic acids is 2. The van der Waals surface area contributed by atoms with Crippen molar-refractivity contribution in [3.8, 4) is 0 Å². The molecule has 352 valence electrons. The third-order valence-corrected chi connectivity index (χ3v) is 11.5. The zero-order chi connectivity index (χ0) is 44.1. The van der Waals surface area contributed by atoms with Crippen LogP contribution in [0.4, 0.5) is 0 Å². The quantitative estimate of drug-likeness (QED) is 0.0148. The van der Waals surface area contributed by atoms with E-state index in [-0.39, 0.29) is 26.0 Å². The van der Waals surface area contributed by atoms with Crippen molar-refractivity contribution in [3.63, 3.8) is 0 Å². The molecule has 1 heterocycles. The molecular weight excluding hydrogens is 793 g/mol. The molecule has 0 aromatic heterocycles. The van der Waals surface area contributed by atoms with Crippen molar-refractivity contribution in [2.45, 2.75) is 218 Å². The maximum absolute atomic E-state index is 12.8. The lowest BCUT2D eigenvalue weighted by atomic mass is 9.98. The van der Waals surface area contributed by atoms with Gasteiger partial charge in [-0.05, 0) is 44.9 Å². The second-order valence-corrected chi connectivity index (χ2v) is 17.5. The van der Waals surface area contributed by atoms with Gasteiger partial charge >= 0.3 is 19.8 Å². The Morgan fingerprint density at radius 3 is 1.72 bits per heavy atom. The van der Waals surface area contributed by atoms with E-state index < -0.39 is 76.3 Å². The first-order chi connectivity index (χ1) is 29.0. The largest absolute Gasteiger partial charge is 0.472 e. The van der Waals surface area contributed by atoms with E-state index in [1.165, 1.54) is 77.0 Å². The summed E-state index contributed by atoms with van der Waals surface area (Å²) in [7, 11) is -4.67. The van der Waals surface area contributed by atoms with Crippen LogP contribution in [0.25, 0.3) is 0 Å². The zero-order valence-electron chi connectivity index (χ0n) is 37.1. The molecule has 1 aliphatic rings. The van der Waals surface area contributed by atoms with Crippen LogP contribution in [0.15, 0.2) is 24.3 Å². The summed E-state index contributed by atoms with van der Waals surface area (Å²) >= 11 is 0. The Morgan fingerprint density at radius 2 is 1.15 bits per heavy atom. The fourth-order valence-corrected chi connectivity index (χ4v) is 7.59. The van der Waals surface area contributed by atoms with Gasteiger partial charge in [0.1, 0.15) is 37.3 Å². The predicted octanol–water partition coefficient (Wildman–Crippen LogP) is 8.26. The Labute approximate surface area is 361 Å². The van der Waals surface area contributed by atoms with Crippen LogP contribution in [-0.2, 0) is 37.4 Å². The molecule has 0 radical (unpaired) electrons. The fraction of sp³-hybridized carbons (Fsp3) is 0.867. The maximum Gasteiger partial charge on any atom is 0.472 e. The lowest BCUT2D eigenvalue weighted by molar-refractivity contribution is -0.236. The van der Waals surface area contributed by atoms with Crippen molar-refractivity contribution >= 4 is 19.8 Å². The lowest BCUT2D eigenvalue weighted by Crippen LogP contribution is -2.62. The van der Waals surface area contributed by atoms with Crippen LogP contribution in [-0.4, -0.2) is 107 Å². The topological polar surface area (TPSA) is 211 Å². The van der Waals surface area contributed by atoms with E-state index in [9.17, 15) is 39.5 Å². The molecular formula is C45H84NO13P. The molecule has 15 heteroatoms. The molecule has 14 nitrogen and oxygen atoms in total. The van der Waals surface area contributed by atoms with Crippen LogP contribution in [0, 0.1) is 0 Å². The molecule has 1 unspecified atom stereocenters. The average Bonchev–Trinajstić information content (AvgIpc) is 3.23. The van der Waals surface area contributed by atoms with Crippen molar-refractivity contribution < 1.29 is 62.7 Å². The third-order valence-electron chi connectivity index (χ3n) is 10.6. The van der Waals surface area contributed by atoms with Gasteiger partial charge in [0.05, 0.1) is 19.8 Å². The van der Waals surface area contributed by atoms with Gasteiger partial charge in [0.15, 0.2) is 6.10 Å². The number of phosphoric acid groups is 1. The van der Waals surface area contributed by atoms with Gasteiger partial charge in [-0.3, -0.25) is 24.0 Å². The number of carbonyl (C=O) groups is 2. The molecule has 0 aromatic rings. The van der Waals surface area contributed by atoms with E-state index in [1.54, 1.807) is 0 Å². The molecule has 0 spiro atoms. The highest BCUT2D eigenvalue weighted by atomic mass is 31.2. The molecule has 0 amide bonds. The summed E-state index contributed by atoms with van der Waals surface area (Å²) in [6.45, 7) is 2.40. The number of unbranched alkanes of at least 4 members (excludes halogenated alkanes) is 20. The number of esters is 2. The minimum absolute atomic E-state index is 0.140.